The molecule has 2 N–H and O–H groups in total. The first-order valence-corrected chi connectivity index (χ1v) is 4.46. The lowest BCUT2D eigenvalue weighted by Crippen LogP contribution is -2.01. The Labute approximate surface area is 85.8 Å². The first-order valence-electron chi connectivity index (χ1n) is 4.46. The number of pyridine rings is 1. The number of para-hydroxylation sites is 1. The average molecular weight is 203 g/mol. The van der Waals surface area contributed by atoms with Crippen LogP contribution in [0.4, 0.5) is 0 Å². The van der Waals surface area contributed by atoms with Gasteiger partial charge in [0, 0.05) is 10.9 Å². The minimum Gasteiger partial charge on any atom is -0.506 e. The fourth-order valence-corrected chi connectivity index (χ4v) is 1.52. The van der Waals surface area contributed by atoms with Gasteiger partial charge < -0.3 is 10.2 Å². The number of fused-ring (bicyclic) bond motifs is 1. The number of aromatic hydroxyl groups is 1. The van der Waals surface area contributed by atoms with E-state index in [1.807, 2.05) is 6.07 Å². The Morgan fingerprint density at radius 1 is 1.33 bits per heavy atom. The van der Waals surface area contributed by atoms with Gasteiger partial charge in [0.15, 0.2) is 0 Å². The molecule has 0 bridgehead atoms. The molecule has 0 radical (unpaired) electrons. The summed E-state index contributed by atoms with van der Waals surface area (Å²) >= 11 is 0. The van der Waals surface area contributed by atoms with Crippen molar-refractivity contribution in [1.29, 1.82) is 0 Å². The number of nitrogens with zero attached hydrogens (tertiary/aromatic N) is 1. The fourth-order valence-electron chi connectivity index (χ4n) is 1.52. The molecule has 0 aliphatic carbocycles. The largest absolute Gasteiger partial charge is 0.506 e. The summed E-state index contributed by atoms with van der Waals surface area (Å²) in [5, 5.41) is 18.9. The van der Waals surface area contributed by atoms with Crippen molar-refractivity contribution in [1.82, 2.24) is 4.98 Å². The summed E-state index contributed by atoms with van der Waals surface area (Å²) in [5.74, 6) is -1.04. The molecule has 0 unspecified atom stereocenters. The van der Waals surface area contributed by atoms with Crippen LogP contribution in [0.5, 0.6) is 5.75 Å². The molecular formula is C11H9NO3. The van der Waals surface area contributed by atoms with Gasteiger partial charge in [-0.2, -0.15) is 0 Å². The van der Waals surface area contributed by atoms with Gasteiger partial charge in [-0.05, 0) is 6.07 Å². The summed E-state index contributed by atoms with van der Waals surface area (Å²) in [6, 6.07) is 7.13. The van der Waals surface area contributed by atoms with E-state index in [-0.39, 0.29) is 12.2 Å². The second-order valence-corrected chi connectivity index (χ2v) is 3.21. The second kappa shape index (κ2) is 3.57. The van der Waals surface area contributed by atoms with E-state index < -0.39 is 5.97 Å². The molecule has 0 saturated carbocycles. The highest BCUT2D eigenvalue weighted by Gasteiger charge is 2.10. The van der Waals surface area contributed by atoms with Crippen LogP contribution < -0.4 is 0 Å². The summed E-state index contributed by atoms with van der Waals surface area (Å²) in [7, 11) is 0. The number of hydrogen-bond acceptors (Lipinski definition) is 3. The van der Waals surface area contributed by atoms with E-state index in [2.05, 4.69) is 4.98 Å². The van der Waals surface area contributed by atoms with Crippen molar-refractivity contribution in [3.8, 4) is 5.75 Å². The number of carboxylic acids is 1. The highest BCUT2D eigenvalue weighted by atomic mass is 16.4. The summed E-state index contributed by atoms with van der Waals surface area (Å²) in [5.41, 5.74) is 1.10. The number of carboxylic acid groups (broad SMARTS) is 1. The van der Waals surface area contributed by atoms with Gasteiger partial charge >= 0.3 is 5.97 Å². The summed E-state index contributed by atoms with van der Waals surface area (Å²) in [4.78, 5) is 14.6. The Morgan fingerprint density at radius 2 is 2.07 bits per heavy atom. The quantitative estimate of drug-likeness (QED) is 0.777. The number of carbonyl (C=O) groups is 1. The SMILES string of the molecule is O=C(O)Cc1c(O)cnc2ccccc12. The number of hydrogen-bond donors (Lipinski definition) is 2. The van der Waals surface area contributed by atoms with Crippen molar-refractivity contribution in [3.63, 3.8) is 0 Å². The predicted molar refractivity (Wildman–Crippen MR) is 54.7 cm³/mol. The maximum Gasteiger partial charge on any atom is 0.307 e. The lowest BCUT2D eigenvalue weighted by atomic mass is 10.1. The van der Waals surface area contributed by atoms with Crippen molar-refractivity contribution in [2.75, 3.05) is 0 Å². The standard InChI is InChI=1S/C11H9NO3/c13-10-6-12-9-4-2-1-3-7(9)8(10)5-11(14)15/h1-4,6,13H,5H2,(H,14,15). The van der Waals surface area contributed by atoms with Crippen LogP contribution in [0.15, 0.2) is 30.5 Å². The van der Waals surface area contributed by atoms with Crippen LogP contribution in [0.3, 0.4) is 0 Å². The summed E-state index contributed by atoms with van der Waals surface area (Å²) in [6.07, 6.45) is 1.08. The maximum atomic E-state index is 10.6. The molecule has 0 amide bonds. The molecule has 4 heteroatoms. The number of aliphatic carboxylic acids is 1. The van der Waals surface area contributed by atoms with E-state index in [1.54, 1.807) is 18.2 Å². The Bertz CT molecular complexity index is 522. The Hall–Kier alpha value is -2.10. The zero-order chi connectivity index (χ0) is 10.8. The van der Waals surface area contributed by atoms with Gasteiger partial charge in [0.1, 0.15) is 5.75 Å². The Kier molecular flexibility index (Phi) is 2.25. The lowest BCUT2D eigenvalue weighted by Gasteiger charge is -2.05. The van der Waals surface area contributed by atoms with Gasteiger partial charge in [-0.1, -0.05) is 18.2 Å². The molecule has 0 aliphatic heterocycles. The van der Waals surface area contributed by atoms with Crippen LogP contribution in [0, 0.1) is 0 Å². The van der Waals surface area contributed by atoms with Crippen molar-refractivity contribution in [2.24, 2.45) is 0 Å². The predicted octanol–water partition coefficient (Wildman–Crippen LogP) is 1.57. The Morgan fingerprint density at radius 3 is 2.80 bits per heavy atom. The molecule has 0 fully saturated rings. The van der Waals surface area contributed by atoms with Crippen LogP contribution in [-0.2, 0) is 11.2 Å². The molecule has 76 valence electrons. The van der Waals surface area contributed by atoms with E-state index in [4.69, 9.17) is 5.11 Å². The van der Waals surface area contributed by atoms with Crippen molar-refractivity contribution in [2.45, 2.75) is 6.42 Å². The van der Waals surface area contributed by atoms with Crippen LogP contribution in [0.1, 0.15) is 5.56 Å². The molecule has 15 heavy (non-hydrogen) atoms. The van der Waals surface area contributed by atoms with Gasteiger partial charge in [0.05, 0.1) is 18.1 Å². The van der Waals surface area contributed by atoms with E-state index in [0.29, 0.717) is 16.5 Å². The molecule has 2 aromatic rings. The summed E-state index contributed by atoms with van der Waals surface area (Å²) < 4.78 is 0. The average Bonchev–Trinajstić information content (AvgIpc) is 2.22. The molecule has 1 aromatic heterocycles. The monoisotopic (exact) mass is 203 g/mol. The molecule has 0 atom stereocenters. The maximum absolute atomic E-state index is 10.6. The third kappa shape index (κ3) is 1.74. The zero-order valence-electron chi connectivity index (χ0n) is 7.84. The highest BCUT2D eigenvalue weighted by molar-refractivity contribution is 5.87. The first kappa shape index (κ1) is 9.45. The van der Waals surface area contributed by atoms with Crippen LogP contribution in [-0.4, -0.2) is 21.2 Å². The topological polar surface area (TPSA) is 70.4 Å². The zero-order valence-corrected chi connectivity index (χ0v) is 7.84. The molecule has 0 spiro atoms. The molecule has 2 rings (SSSR count). The van der Waals surface area contributed by atoms with Gasteiger partial charge in [0.25, 0.3) is 0 Å². The van der Waals surface area contributed by atoms with Crippen LogP contribution in [0.25, 0.3) is 10.9 Å². The first-order chi connectivity index (χ1) is 7.18. The third-order valence-corrected chi connectivity index (χ3v) is 2.19. The van der Waals surface area contributed by atoms with E-state index >= 15 is 0 Å². The number of aromatic nitrogens is 1. The van der Waals surface area contributed by atoms with Crippen LogP contribution >= 0.6 is 0 Å². The molecule has 4 nitrogen and oxygen atoms in total. The van der Waals surface area contributed by atoms with Gasteiger partial charge in [-0.25, -0.2) is 0 Å². The molecule has 0 aliphatic rings. The van der Waals surface area contributed by atoms with E-state index in [0.717, 1.165) is 0 Å². The lowest BCUT2D eigenvalue weighted by molar-refractivity contribution is -0.136. The van der Waals surface area contributed by atoms with Gasteiger partial charge in [-0.3, -0.25) is 9.78 Å². The molecular weight excluding hydrogens is 194 g/mol. The van der Waals surface area contributed by atoms with E-state index in [1.165, 1.54) is 6.20 Å². The smallest absolute Gasteiger partial charge is 0.307 e. The second-order valence-electron chi connectivity index (χ2n) is 3.21. The normalized spacial score (nSPS) is 10.4. The Balaban J connectivity index is 2.68. The van der Waals surface area contributed by atoms with Crippen molar-refractivity contribution >= 4 is 16.9 Å². The third-order valence-electron chi connectivity index (χ3n) is 2.19. The fraction of sp³-hybridized carbons (Fsp3) is 0.0909. The number of benzene rings is 1. The van der Waals surface area contributed by atoms with Crippen molar-refractivity contribution < 1.29 is 15.0 Å². The molecule has 1 aromatic carbocycles. The minimum atomic E-state index is -0.971. The van der Waals surface area contributed by atoms with Gasteiger partial charge in [0.2, 0.25) is 0 Å². The summed E-state index contributed by atoms with van der Waals surface area (Å²) in [6.45, 7) is 0. The van der Waals surface area contributed by atoms with E-state index in [9.17, 15) is 9.90 Å². The molecule has 1 heterocycles. The highest BCUT2D eigenvalue weighted by Crippen LogP contribution is 2.25. The number of rotatable bonds is 2. The van der Waals surface area contributed by atoms with Crippen molar-refractivity contribution in [3.05, 3.63) is 36.0 Å². The molecule has 0 saturated heterocycles. The minimum absolute atomic E-state index is 0.0731. The van der Waals surface area contributed by atoms with Crippen LogP contribution in [0.2, 0.25) is 0 Å². The van der Waals surface area contributed by atoms with Gasteiger partial charge in [-0.15, -0.1) is 0 Å².